The Hall–Kier alpha value is -0.280. The Bertz CT molecular complexity index is 210. The molecule has 13 heavy (non-hydrogen) atoms. The van der Waals surface area contributed by atoms with Gasteiger partial charge >= 0.3 is 5.97 Å². The van der Waals surface area contributed by atoms with Crippen molar-refractivity contribution in [3.05, 3.63) is 0 Å². The van der Waals surface area contributed by atoms with Gasteiger partial charge in [0.25, 0.3) is 0 Å². The Morgan fingerprint density at radius 3 is 2.46 bits per heavy atom. The molecule has 0 saturated heterocycles. The summed E-state index contributed by atoms with van der Waals surface area (Å²) in [6.45, 7) is 0. The number of rotatable bonds is 2. The Kier molecular flexibility index (Phi) is 3.19. The monoisotopic (exact) mass is 205 g/mol. The first kappa shape index (κ1) is 10.8. The minimum Gasteiger partial charge on any atom is -0.480 e. The molecule has 2 saturated carbocycles. The molecule has 0 aromatic heterocycles. The van der Waals surface area contributed by atoms with E-state index in [1.165, 1.54) is 19.3 Å². The molecular weight excluding hydrogens is 190 g/mol. The molecule has 2 aliphatic rings. The predicted molar refractivity (Wildman–Crippen MR) is 51.8 cm³/mol. The molecule has 3 nitrogen and oxygen atoms in total. The zero-order valence-corrected chi connectivity index (χ0v) is 8.30. The summed E-state index contributed by atoms with van der Waals surface area (Å²) in [6, 6.07) is -0.611. The van der Waals surface area contributed by atoms with E-state index in [4.69, 9.17) is 10.8 Å². The van der Waals surface area contributed by atoms with E-state index in [9.17, 15) is 4.79 Å². The average molecular weight is 206 g/mol. The minimum absolute atomic E-state index is 0. The summed E-state index contributed by atoms with van der Waals surface area (Å²) in [4.78, 5) is 10.6. The first-order chi connectivity index (χ1) is 5.68. The van der Waals surface area contributed by atoms with E-state index in [1.54, 1.807) is 0 Å². The van der Waals surface area contributed by atoms with Crippen molar-refractivity contribution in [2.45, 2.75) is 31.7 Å². The number of halogens is 1. The highest BCUT2D eigenvalue weighted by molar-refractivity contribution is 5.85. The number of nitrogens with two attached hydrogens (primary N) is 1. The Morgan fingerprint density at radius 2 is 2.08 bits per heavy atom. The highest BCUT2D eigenvalue weighted by Gasteiger charge is 2.43. The van der Waals surface area contributed by atoms with E-state index in [1.807, 2.05) is 0 Å². The molecule has 3 unspecified atom stereocenters. The van der Waals surface area contributed by atoms with E-state index in [0.717, 1.165) is 12.3 Å². The predicted octanol–water partition coefficient (Wildman–Crippen LogP) is 1.26. The standard InChI is InChI=1S/C9H15NO2.ClH/c10-8(9(11)12)7-4-5-1-2-6(7)3-5;/h5-8H,1-4,10H2,(H,11,12);1H/t5?,6?,7?,8-;/m0./s1. The fourth-order valence-electron chi connectivity index (χ4n) is 2.92. The Balaban J connectivity index is 0.000000845. The number of fused-ring (bicyclic) bond motifs is 2. The lowest BCUT2D eigenvalue weighted by molar-refractivity contribution is -0.140. The molecule has 0 aliphatic heterocycles. The molecule has 2 fully saturated rings. The van der Waals surface area contributed by atoms with Gasteiger partial charge in [0.2, 0.25) is 0 Å². The number of carbonyl (C=O) groups is 1. The van der Waals surface area contributed by atoms with Crippen LogP contribution in [0.15, 0.2) is 0 Å². The largest absolute Gasteiger partial charge is 0.480 e. The van der Waals surface area contributed by atoms with Crippen LogP contribution in [0.3, 0.4) is 0 Å². The van der Waals surface area contributed by atoms with Crippen LogP contribution in [0, 0.1) is 17.8 Å². The van der Waals surface area contributed by atoms with Crippen LogP contribution in [-0.4, -0.2) is 17.1 Å². The average Bonchev–Trinajstić information content (AvgIpc) is 2.62. The molecule has 0 heterocycles. The number of carboxylic acid groups (broad SMARTS) is 1. The number of aliphatic carboxylic acids is 1. The quantitative estimate of drug-likeness (QED) is 0.714. The molecule has 2 bridgehead atoms. The van der Waals surface area contributed by atoms with Gasteiger partial charge in [0.1, 0.15) is 6.04 Å². The molecule has 2 rings (SSSR count). The molecule has 0 amide bonds. The third-order valence-corrected chi connectivity index (χ3v) is 3.54. The van der Waals surface area contributed by atoms with Crippen LogP contribution < -0.4 is 5.73 Å². The van der Waals surface area contributed by atoms with Crippen LogP contribution in [0.1, 0.15) is 25.7 Å². The molecule has 2 aliphatic carbocycles. The van der Waals surface area contributed by atoms with Crippen molar-refractivity contribution in [2.24, 2.45) is 23.5 Å². The first-order valence-electron chi connectivity index (χ1n) is 4.67. The van der Waals surface area contributed by atoms with E-state index < -0.39 is 12.0 Å². The molecule has 0 radical (unpaired) electrons. The highest BCUT2D eigenvalue weighted by Crippen LogP contribution is 2.49. The van der Waals surface area contributed by atoms with E-state index in [-0.39, 0.29) is 18.3 Å². The van der Waals surface area contributed by atoms with Gasteiger partial charge in [0.15, 0.2) is 0 Å². The van der Waals surface area contributed by atoms with Crippen molar-refractivity contribution in [2.75, 3.05) is 0 Å². The fraction of sp³-hybridized carbons (Fsp3) is 0.889. The van der Waals surface area contributed by atoms with Crippen LogP contribution in [0.2, 0.25) is 0 Å². The maximum absolute atomic E-state index is 10.6. The molecule has 4 heteroatoms. The third-order valence-electron chi connectivity index (χ3n) is 3.54. The van der Waals surface area contributed by atoms with E-state index >= 15 is 0 Å². The van der Waals surface area contributed by atoms with Crippen LogP contribution >= 0.6 is 12.4 Å². The minimum atomic E-state index is -0.826. The summed E-state index contributed by atoms with van der Waals surface area (Å²) in [5, 5.41) is 8.75. The number of carboxylic acids is 1. The van der Waals surface area contributed by atoms with E-state index in [2.05, 4.69) is 0 Å². The summed E-state index contributed by atoms with van der Waals surface area (Å²) < 4.78 is 0. The highest BCUT2D eigenvalue weighted by atomic mass is 35.5. The van der Waals surface area contributed by atoms with Crippen LogP contribution in [0.4, 0.5) is 0 Å². The molecule has 3 N–H and O–H groups in total. The topological polar surface area (TPSA) is 63.3 Å². The maximum Gasteiger partial charge on any atom is 0.320 e. The second-order valence-corrected chi connectivity index (χ2v) is 4.20. The van der Waals surface area contributed by atoms with Gasteiger partial charge in [-0.1, -0.05) is 6.42 Å². The van der Waals surface area contributed by atoms with Crippen molar-refractivity contribution in [3.8, 4) is 0 Å². The third kappa shape index (κ3) is 1.81. The first-order valence-corrected chi connectivity index (χ1v) is 4.67. The van der Waals surface area contributed by atoms with Crippen molar-refractivity contribution < 1.29 is 9.90 Å². The summed E-state index contributed by atoms with van der Waals surface area (Å²) in [5.41, 5.74) is 5.61. The fourth-order valence-corrected chi connectivity index (χ4v) is 2.92. The van der Waals surface area contributed by atoms with Gasteiger partial charge in [-0.2, -0.15) is 0 Å². The zero-order chi connectivity index (χ0) is 8.72. The van der Waals surface area contributed by atoms with Gasteiger partial charge in [0.05, 0.1) is 0 Å². The SMILES string of the molecule is Cl.N[C@H](C(=O)O)C1CC2CCC1C2. The molecule has 0 aromatic rings. The number of hydrogen-bond acceptors (Lipinski definition) is 2. The van der Waals surface area contributed by atoms with E-state index in [0.29, 0.717) is 5.92 Å². The Labute approximate surface area is 84.1 Å². The van der Waals surface area contributed by atoms with Gasteiger partial charge in [-0.05, 0) is 37.0 Å². The second kappa shape index (κ2) is 3.84. The second-order valence-electron chi connectivity index (χ2n) is 4.20. The van der Waals surface area contributed by atoms with Gasteiger partial charge in [-0.15, -0.1) is 12.4 Å². The zero-order valence-electron chi connectivity index (χ0n) is 7.48. The number of hydrogen-bond donors (Lipinski definition) is 2. The summed E-state index contributed by atoms with van der Waals surface area (Å²) in [6.07, 6.45) is 4.79. The van der Waals surface area contributed by atoms with Gasteiger partial charge < -0.3 is 10.8 Å². The molecule has 0 spiro atoms. The van der Waals surface area contributed by atoms with Gasteiger partial charge in [-0.25, -0.2) is 0 Å². The van der Waals surface area contributed by atoms with Gasteiger partial charge in [-0.3, -0.25) is 4.79 Å². The van der Waals surface area contributed by atoms with Crippen molar-refractivity contribution >= 4 is 18.4 Å². The lowest BCUT2D eigenvalue weighted by atomic mass is 9.84. The summed E-state index contributed by atoms with van der Waals surface area (Å²) in [7, 11) is 0. The molecule has 76 valence electrons. The lowest BCUT2D eigenvalue weighted by Gasteiger charge is -2.24. The van der Waals surface area contributed by atoms with Crippen molar-refractivity contribution in [1.29, 1.82) is 0 Å². The van der Waals surface area contributed by atoms with Gasteiger partial charge in [0, 0.05) is 0 Å². The molecule has 0 aromatic carbocycles. The normalized spacial score (nSPS) is 38.4. The van der Waals surface area contributed by atoms with Crippen LogP contribution in [-0.2, 0) is 4.79 Å². The van der Waals surface area contributed by atoms with Crippen LogP contribution in [0.5, 0.6) is 0 Å². The Morgan fingerprint density at radius 1 is 1.38 bits per heavy atom. The summed E-state index contributed by atoms with van der Waals surface area (Å²) >= 11 is 0. The van der Waals surface area contributed by atoms with Crippen LogP contribution in [0.25, 0.3) is 0 Å². The van der Waals surface area contributed by atoms with Crippen molar-refractivity contribution in [3.63, 3.8) is 0 Å². The lowest BCUT2D eigenvalue weighted by Crippen LogP contribution is -2.40. The smallest absolute Gasteiger partial charge is 0.320 e. The summed E-state index contributed by atoms with van der Waals surface area (Å²) in [5.74, 6) is 0.834. The van der Waals surface area contributed by atoms with Crippen molar-refractivity contribution in [1.82, 2.24) is 0 Å². The molecular formula is C9H16ClNO2. The maximum atomic E-state index is 10.6. The molecule has 4 atom stereocenters.